The Labute approximate surface area is 162 Å². The van der Waals surface area contributed by atoms with Crippen molar-refractivity contribution in [3.8, 4) is 11.5 Å². The van der Waals surface area contributed by atoms with Gasteiger partial charge in [-0.1, -0.05) is 6.07 Å². The molecule has 28 heavy (non-hydrogen) atoms. The second kappa shape index (κ2) is 7.67. The number of aromatic amines is 1. The van der Waals surface area contributed by atoms with Crippen LogP contribution in [0.4, 0.5) is 11.4 Å². The Balaban J connectivity index is 1.50. The Bertz CT molecular complexity index is 1030. The SMILES string of the molecule is Cc1cc(N2CCCC2)ccc1NC(=O)Cn1c(-c2ccccn2)n[nH]c1=O. The number of nitrogens with one attached hydrogen (secondary N) is 2. The van der Waals surface area contributed by atoms with Crippen LogP contribution in [0.1, 0.15) is 18.4 Å². The Kier molecular flexibility index (Phi) is 4.92. The molecular weight excluding hydrogens is 356 g/mol. The van der Waals surface area contributed by atoms with Gasteiger partial charge in [0.1, 0.15) is 12.2 Å². The van der Waals surface area contributed by atoms with Crippen molar-refractivity contribution < 1.29 is 4.79 Å². The lowest BCUT2D eigenvalue weighted by Gasteiger charge is -2.19. The van der Waals surface area contributed by atoms with Crippen molar-refractivity contribution in [2.24, 2.45) is 0 Å². The van der Waals surface area contributed by atoms with E-state index in [0.717, 1.165) is 24.3 Å². The summed E-state index contributed by atoms with van der Waals surface area (Å²) in [5.41, 5.74) is 2.99. The fourth-order valence-corrected chi connectivity index (χ4v) is 3.45. The van der Waals surface area contributed by atoms with Gasteiger partial charge in [-0.05, 0) is 55.7 Å². The number of benzene rings is 1. The molecule has 0 spiro atoms. The molecule has 3 aromatic rings. The number of carbonyl (C=O) groups excluding carboxylic acids is 1. The van der Waals surface area contributed by atoms with Crippen LogP contribution in [0.5, 0.6) is 0 Å². The second-order valence-electron chi connectivity index (χ2n) is 6.90. The highest BCUT2D eigenvalue weighted by Crippen LogP contribution is 2.25. The van der Waals surface area contributed by atoms with Crippen molar-refractivity contribution in [2.75, 3.05) is 23.3 Å². The van der Waals surface area contributed by atoms with Crippen molar-refractivity contribution in [2.45, 2.75) is 26.3 Å². The average Bonchev–Trinajstić information content (AvgIpc) is 3.35. The lowest BCUT2D eigenvalue weighted by atomic mass is 10.1. The molecule has 1 aliphatic rings. The number of nitrogens with zero attached hydrogens (tertiary/aromatic N) is 4. The summed E-state index contributed by atoms with van der Waals surface area (Å²) in [5.74, 6) is 0.0413. The van der Waals surface area contributed by atoms with Gasteiger partial charge < -0.3 is 10.2 Å². The molecule has 0 atom stereocenters. The molecule has 0 radical (unpaired) electrons. The summed E-state index contributed by atoms with van der Waals surface area (Å²) in [6.45, 7) is 3.97. The minimum Gasteiger partial charge on any atom is -0.372 e. The molecule has 1 saturated heterocycles. The maximum Gasteiger partial charge on any atom is 0.344 e. The van der Waals surface area contributed by atoms with E-state index in [-0.39, 0.29) is 12.5 Å². The summed E-state index contributed by atoms with van der Waals surface area (Å²) in [6.07, 6.45) is 4.05. The topological polar surface area (TPSA) is 95.9 Å². The number of rotatable bonds is 5. The van der Waals surface area contributed by atoms with Gasteiger partial charge in [-0.15, -0.1) is 0 Å². The highest BCUT2D eigenvalue weighted by atomic mass is 16.2. The zero-order valence-corrected chi connectivity index (χ0v) is 15.7. The van der Waals surface area contributed by atoms with Gasteiger partial charge in [0.25, 0.3) is 0 Å². The molecule has 2 N–H and O–H groups in total. The molecule has 3 heterocycles. The fraction of sp³-hybridized carbons (Fsp3) is 0.300. The van der Waals surface area contributed by atoms with E-state index in [1.54, 1.807) is 24.4 Å². The molecule has 0 bridgehead atoms. The number of hydrogen-bond donors (Lipinski definition) is 2. The first kappa shape index (κ1) is 18.0. The maximum atomic E-state index is 12.6. The van der Waals surface area contributed by atoms with Crippen LogP contribution in [0, 0.1) is 6.92 Å². The van der Waals surface area contributed by atoms with Crippen LogP contribution in [0.15, 0.2) is 47.4 Å². The molecule has 1 aromatic carbocycles. The molecule has 8 nitrogen and oxygen atoms in total. The van der Waals surface area contributed by atoms with Crippen molar-refractivity contribution in [1.29, 1.82) is 0 Å². The Morgan fingerprint density at radius 1 is 1.21 bits per heavy atom. The number of carbonyl (C=O) groups is 1. The number of aryl methyl sites for hydroxylation is 1. The minimum atomic E-state index is -0.447. The molecule has 2 aromatic heterocycles. The van der Waals surface area contributed by atoms with Crippen molar-refractivity contribution in [1.82, 2.24) is 19.7 Å². The molecule has 0 aliphatic carbocycles. The summed E-state index contributed by atoms with van der Waals surface area (Å²) in [4.78, 5) is 31.2. The third-order valence-corrected chi connectivity index (χ3v) is 4.91. The van der Waals surface area contributed by atoms with Gasteiger partial charge in [0.05, 0.1) is 0 Å². The average molecular weight is 378 g/mol. The zero-order chi connectivity index (χ0) is 19.5. The van der Waals surface area contributed by atoms with Crippen LogP contribution >= 0.6 is 0 Å². The first-order chi connectivity index (χ1) is 13.6. The predicted octanol–water partition coefficient (Wildman–Crippen LogP) is 2.18. The molecule has 8 heteroatoms. The maximum absolute atomic E-state index is 12.6. The van der Waals surface area contributed by atoms with Gasteiger partial charge in [0.2, 0.25) is 5.91 Å². The molecule has 1 aliphatic heterocycles. The minimum absolute atomic E-state index is 0.144. The lowest BCUT2D eigenvalue weighted by Crippen LogP contribution is -2.27. The molecule has 0 unspecified atom stereocenters. The summed E-state index contributed by atoms with van der Waals surface area (Å²) < 4.78 is 1.28. The van der Waals surface area contributed by atoms with E-state index in [4.69, 9.17) is 0 Å². The molecule has 1 amide bonds. The smallest absolute Gasteiger partial charge is 0.344 e. The van der Waals surface area contributed by atoms with Crippen LogP contribution < -0.4 is 15.9 Å². The van der Waals surface area contributed by atoms with E-state index in [1.165, 1.54) is 23.1 Å². The molecule has 1 fully saturated rings. The first-order valence-corrected chi connectivity index (χ1v) is 9.34. The Hall–Kier alpha value is -3.42. The summed E-state index contributed by atoms with van der Waals surface area (Å²) in [5, 5.41) is 9.28. The third-order valence-electron chi connectivity index (χ3n) is 4.91. The van der Waals surface area contributed by atoms with E-state index < -0.39 is 5.69 Å². The Morgan fingerprint density at radius 2 is 2.04 bits per heavy atom. The first-order valence-electron chi connectivity index (χ1n) is 9.34. The normalized spacial score (nSPS) is 13.7. The number of hydrogen-bond acceptors (Lipinski definition) is 5. The predicted molar refractivity (Wildman–Crippen MR) is 107 cm³/mol. The van der Waals surface area contributed by atoms with Crippen molar-refractivity contribution in [3.05, 3.63) is 58.6 Å². The van der Waals surface area contributed by atoms with Crippen LogP contribution in [-0.2, 0) is 11.3 Å². The van der Waals surface area contributed by atoms with Gasteiger partial charge in [-0.25, -0.2) is 9.89 Å². The molecule has 4 rings (SSSR count). The third kappa shape index (κ3) is 3.66. The standard InChI is InChI=1S/C20H22N6O2/c1-14-12-15(25-10-4-5-11-25)7-8-16(14)22-18(27)13-26-19(23-24-20(26)28)17-6-2-3-9-21-17/h2-3,6-9,12H,4-5,10-11,13H2,1H3,(H,22,27)(H,24,28). The van der Waals surface area contributed by atoms with E-state index in [1.807, 2.05) is 19.1 Å². The van der Waals surface area contributed by atoms with E-state index in [0.29, 0.717) is 11.5 Å². The van der Waals surface area contributed by atoms with Crippen LogP contribution in [-0.4, -0.2) is 38.7 Å². The van der Waals surface area contributed by atoms with Gasteiger partial charge >= 0.3 is 5.69 Å². The largest absolute Gasteiger partial charge is 0.372 e. The van der Waals surface area contributed by atoms with Crippen molar-refractivity contribution in [3.63, 3.8) is 0 Å². The fourth-order valence-electron chi connectivity index (χ4n) is 3.45. The van der Waals surface area contributed by atoms with Crippen LogP contribution in [0.2, 0.25) is 0 Å². The number of pyridine rings is 1. The zero-order valence-electron chi connectivity index (χ0n) is 15.7. The summed E-state index contributed by atoms with van der Waals surface area (Å²) >= 11 is 0. The van der Waals surface area contributed by atoms with Crippen LogP contribution in [0.3, 0.4) is 0 Å². The molecule has 144 valence electrons. The van der Waals surface area contributed by atoms with E-state index in [9.17, 15) is 9.59 Å². The molecular formula is C20H22N6O2. The quantitative estimate of drug-likeness (QED) is 0.709. The highest BCUT2D eigenvalue weighted by Gasteiger charge is 2.16. The van der Waals surface area contributed by atoms with Crippen LogP contribution in [0.25, 0.3) is 11.5 Å². The summed E-state index contributed by atoms with van der Waals surface area (Å²) in [6, 6.07) is 11.3. The van der Waals surface area contributed by atoms with Crippen molar-refractivity contribution >= 4 is 17.3 Å². The molecule has 0 saturated carbocycles. The second-order valence-corrected chi connectivity index (χ2v) is 6.90. The van der Waals surface area contributed by atoms with E-state index in [2.05, 4.69) is 31.5 Å². The number of H-pyrrole nitrogens is 1. The lowest BCUT2D eigenvalue weighted by molar-refractivity contribution is -0.116. The monoisotopic (exact) mass is 378 g/mol. The van der Waals surface area contributed by atoms with Gasteiger partial charge in [0, 0.05) is 30.7 Å². The summed E-state index contributed by atoms with van der Waals surface area (Å²) in [7, 11) is 0. The number of aromatic nitrogens is 4. The van der Waals surface area contributed by atoms with Gasteiger partial charge in [0.15, 0.2) is 5.82 Å². The Morgan fingerprint density at radius 3 is 2.75 bits per heavy atom. The van der Waals surface area contributed by atoms with E-state index >= 15 is 0 Å². The highest BCUT2D eigenvalue weighted by molar-refractivity contribution is 5.91. The van der Waals surface area contributed by atoms with Gasteiger partial charge in [-0.3, -0.25) is 14.3 Å². The number of amides is 1. The number of anilines is 2. The van der Waals surface area contributed by atoms with Gasteiger partial charge in [-0.2, -0.15) is 5.10 Å².